The molecule has 0 bridgehead atoms. The maximum atomic E-state index is 12.2. The summed E-state index contributed by atoms with van der Waals surface area (Å²) in [4.78, 5) is 27.1. The van der Waals surface area contributed by atoms with Gasteiger partial charge in [0.05, 0.1) is 4.92 Å². The molecule has 1 fully saturated rings. The smallest absolute Gasteiger partial charge is 0.410 e. The number of rotatable bonds is 2. The lowest BCUT2D eigenvalue weighted by Gasteiger charge is -2.36. The Morgan fingerprint density at radius 2 is 1.85 bits per heavy atom. The van der Waals surface area contributed by atoms with Gasteiger partial charge >= 0.3 is 6.09 Å². The topological polar surface area (TPSA) is 85.2 Å². The van der Waals surface area contributed by atoms with Gasteiger partial charge in [0.2, 0.25) is 0 Å². The van der Waals surface area contributed by atoms with Crippen molar-refractivity contribution in [3.05, 3.63) is 27.8 Å². The number of fused-ring (bicyclic) bond motifs is 1. The van der Waals surface area contributed by atoms with Crippen molar-refractivity contribution in [1.29, 1.82) is 0 Å². The average molecular weight is 377 g/mol. The van der Waals surface area contributed by atoms with Gasteiger partial charge in [0, 0.05) is 50.3 Å². The Morgan fingerprint density at radius 3 is 2.41 bits per heavy atom. The fourth-order valence-electron chi connectivity index (χ4n) is 3.48. The molecule has 3 rings (SSSR count). The van der Waals surface area contributed by atoms with Crippen LogP contribution in [0.5, 0.6) is 5.75 Å². The SMILES string of the molecule is CC(C)(C)OC(=O)N1CCN(c2cc3c(cc2[N+](=O)[O-])CC(C)(C)O3)CC1. The zero-order valence-corrected chi connectivity index (χ0v) is 16.6. The molecule has 2 heterocycles. The summed E-state index contributed by atoms with van der Waals surface area (Å²) >= 11 is 0. The van der Waals surface area contributed by atoms with E-state index in [0.717, 1.165) is 5.56 Å². The lowest BCUT2D eigenvalue weighted by molar-refractivity contribution is -0.384. The molecule has 1 aromatic rings. The third-order valence-corrected chi connectivity index (χ3v) is 4.63. The van der Waals surface area contributed by atoms with Crippen LogP contribution >= 0.6 is 0 Å². The van der Waals surface area contributed by atoms with Crippen LogP contribution in [0.4, 0.5) is 16.2 Å². The molecule has 2 aliphatic heterocycles. The normalized spacial score (nSPS) is 18.7. The van der Waals surface area contributed by atoms with Crippen molar-refractivity contribution in [2.45, 2.75) is 52.2 Å². The zero-order valence-electron chi connectivity index (χ0n) is 16.6. The molecule has 148 valence electrons. The van der Waals surface area contributed by atoms with E-state index in [1.165, 1.54) is 0 Å². The Labute approximate surface area is 159 Å². The summed E-state index contributed by atoms with van der Waals surface area (Å²) in [6.07, 6.45) is 0.297. The van der Waals surface area contributed by atoms with E-state index >= 15 is 0 Å². The lowest BCUT2D eigenvalue weighted by atomic mass is 10.0. The number of anilines is 1. The third kappa shape index (κ3) is 4.26. The van der Waals surface area contributed by atoms with Gasteiger partial charge in [-0.1, -0.05) is 0 Å². The van der Waals surface area contributed by atoms with E-state index in [2.05, 4.69) is 0 Å². The molecule has 8 nitrogen and oxygen atoms in total. The highest BCUT2D eigenvalue weighted by Crippen LogP contribution is 2.42. The fourth-order valence-corrected chi connectivity index (χ4v) is 3.48. The molecule has 0 atom stereocenters. The second-order valence-electron chi connectivity index (χ2n) is 8.70. The van der Waals surface area contributed by atoms with Crippen LogP contribution in [0.3, 0.4) is 0 Å². The number of amides is 1. The van der Waals surface area contributed by atoms with Gasteiger partial charge in [0.1, 0.15) is 22.6 Å². The molecule has 8 heteroatoms. The Bertz CT molecular complexity index is 761. The largest absolute Gasteiger partial charge is 0.487 e. The molecule has 1 amide bonds. The predicted molar refractivity (Wildman–Crippen MR) is 102 cm³/mol. The van der Waals surface area contributed by atoms with Crippen molar-refractivity contribution in [1.82, 2.24) is 4.90 Å². The van der Waals surface area contributed by atoms with Crippen LogP contribution in [0.1, 0.15) is 40.2 Å². The Balaban J connectivity index is 1.77. The minimum atomic E-state index is -0.545. The quantitative estimate of drug-likeness (QED) is 0.580. The molecule has 0 saturated carbocycles. The van der Waals surface area contributed by atoms with Gasteiger partial charge in [-0.3, -0.25) is 10.1 Å². The summed E-state index contributed by atoms with van der Waals surface area (Å²) in [6, 6.07) is 3.39. The number of carbonyl (C=O) groups excluding carboxylic acids is 1. The maximum absolute atomic E-state index is 12.2. The number of nitro benzene ring substituents is 1. The molecule has 1 aromatic carbocycles. The monoisotopic (exact) mass is 377 g/mol. The van der Waals surface area contributed by atoms with Crippen LogP contribution in [-0.2, 0) is 11.2 Å². The van der Waals surface area contributed by atoms with Crippen molar-refractivity contribution in [2.24, 2.45) is 0 Å². The fraction of sp³-hybridized carbons (Fsp3) is 0.632. The summed E-state index contributed by atoms with van der Waals surface area (Å²) < 4.78 is 11.3. The van der Waals surface area contributed by atoms with Crippen LogP contribution in [0, 0.1) is 10.1 Å². The predicted octanol–water partition coefficient (Wildman–Crippen LogP) is 3.37. The molecule has 27 heavy (non-hydrogen) atoms. The van der Waals surface area contributed by atoms with E-state index in [1.807, 2.05) is 39.5 Å². The molecular formula is C19H27N3O5. The molecule has 0 unspecified atom stereocenters. The van der Waals surface area contributed by atoms with Gasteiger partial charge in [-0.05, 0) is 34.6 Å². The van der Waals surface area contributed by atoms with Crippen LogP contribution < -0.4 is 9.64 Å². The number of hydrogen-bond acceptors (Lipinski definition) is 6. The number of carbonyl (C=O) groups is 1. The molecule has 0 spiro atoms. The van der Waals surface area contributed by atoms with Crippen LogP contribution in [0.15, 0.2) is 12.1 Å². The first kappa shape index (κ1) is 19.3. The van der Waals surface area contributed by atoms with Crippen molar-refractivity contribution in [3.8, 4) is 5.75 Å². The summed E-state index contributed by atoms with van der Waals surface area (Å²) in [5, 5.41) is 11.6. The maximum Gasteiger partial charge on any atom is 0.410 e. The van der Waals surface area contributed by atoms with Gasteiger partial charge in [-0.2, -0.15) is 0 Å². The first-order valence-electron chi connectivity index (χ1n) is 9.18. The van der Waals surface area contributed by atoms with Crippen molar-refractivity contribution < 1.29 is 19.2 Å². The summed E-state index contributed by atoms with van der Waals surface area (Å²) in [5.41, 5.74) is 0.588. The Hall–Kier alpha value is -2.51. The van der Waals surface area contributed by atoms with Crippen molar-refractivity contribution in [3.63, 3.8) is 0 Å². The van der Waals surface area contributed by atoms with Gasteiger partial charge < -0.3 is 19.3 Å². The van der Waals surface area contributed by atoms with Crippen molar-refractivity contribution >= 4 is 17.5 Å². The van der Waals surface area contributed by atoms with Gasteiger partial charge in [0.25, 0.3) is 5.69 Å². The molecule has 1 saturated heterocycles. The Morgan fingerprint density at radius 1 is 1.22 bits per heavy atom. The zero-order chi connectivity index (χ0) is 20.0. The lowest BCUT2D eigenvalue weighted by Crippen LogP contribution is -2.50. The number of ether oxygens (including phenoxy) is 2. The van der Waals surface area contributed by atoms with Crippen LogP contribution in [0.25, 0.3) is 0 Å². The first-order chi connectivity index (χ1) is 12.5. The molecule has 0 aromatic heterocycles. The van der Waals surface area contributed by atoms with Gasteiger partial charge in [0.15, 0.2) is 0 Å². The van der Waals surface area contributed by atoms with Crippen LogP contribution in [0.2, 0.25) is 0 Å². The molecule has 0 N–H and O–H groups in total. The second kappa shape index (κ2) is 6.58. The number of hydrogen-bond donors (Lipinski definition) is 0. The highest BCUT2D eigenvalue weighted by Gasteiger charge is 2.35. The summed E-state index contributed by atoms with van der Waals surface area (Å²) in [5.74, 6) is 0.704. The summed E-state index contributed by atoms with van der Waals surface area (Å²) in [6.45, 7) is 11.3. The average Bonchev–Trinajstić information content (AvgIpc) is 2.85. The van der Waals surface area contributed by atoms with E-state index in [1.54, 1.807) is 17.0 Å². The highest BCUT2D eigenvalue weighted by atomic mass is 16.6. The van der Waals surface area contributed by atoms with E-state index < -0.39 is 5.60 Å². The highest BCUT2D eigenvalue weighted by molar-refractivity contribution is 5.71. The van der Waals surface area contributed by atoms with E-state index in [9.17, 15) is 14.9 Å². The Kier molecular flexibility index (Phi) is 4.69. The molecular weight excluding hydrogens is 350 g/mol. The van der Waals surface area contributed by atoms with E-state index in [4.69, 9.17) is 9.47 Å². The van der Waals surface area contributed by atoms with Crippen LogP contribution in [-0.4, -0.2) is 53.3 Å². The molecule has 2 aliphatic rings. The standard InChI is InChI=1S/C19H27N3O5/c1-18(2,3)27-17(23)21-8-6-20(7-9-21)14-11-16-13(10-15(14)22(24)25)12-19(4,5)26-16/h10-11H,6-9,12H2,1-5H3. The number of benzene rings is 1. The summed E-state index contributed by atoms with van der Waals surface area (Å²) in [7, 11) is 0. The number of nitro groups is 1. The third-order valence-electron chi connectivity index (χ3n) is 4.63. The first-order valence-corrected chi connectivity index (χ1v) is 9.18. The minimum absolute atomic E-state index is 0.0840. The van der Waals surface area contributed by atoms with Gasteiger partial charge in [-0.15, -0.1) is 0 Å². The van der Waals surface area contributed by atoms with Crippen molar-refractivity contribution in [2.75, 3.05) is 31.1 Å². The minimum Gasteiger partial charge on any atom is -0.487 e. The van der Waals surface area contributed by atoms with Gasteiger partial charge in [-0.25, -0.2) is 4.79 Å². The van der Waals surface area contributed by atoms with E-state index in [-0.39, 0.29) is 22.3 Å². The number of nitrogens with zero attached hydrogens (tertiary/aromatic N) is 3. The number of piperazine rings is 1. The molecule has 0 aliphatic carbocycles. The molecule has 0 radical (unpaired) electrons. The second-order valence-corrected chi connectivity index (χ2v) is 8.70. The van der Waals surface area contributed by atoms with E-state index in [0.29, 0.717) is 44.0 Å².